The molecule has 2 N–H and O–H groups in total. The Bertz CT molecular complexity index is 476. The first kappa shape index (κ1) is 27.7. The Hall–Kier alpha value is -0.480. The van der Waals surface area contributed by atoms with E-state index >= 15 is 0 Å². The summed E-state index contributed by atoms with van der Waals surface area (Å²) in [5.41, 5.74) is 2.75. The first-order valence-corrected chi connectivity index (χ1v) is 9.55. The zero-order valence-electron chi connectivity index (χ0n) is 15.5. The second kappa shape index (κ2) is 17.9. The van der Waals surface area contributed by atoms with Crippen molar-refractivity contribution in [1.29, 1.82) is 0 Å². The molecule has 0 aliphatic rings. The van der Waals surface area contributed by atoms with Crippen LogP contribution in [0.1, 0.15) is 11.1 Å². The normalized spacial score (nSPS) is 11.8. The molecule has 26 heavy (non-hydrogen) atoms. The molecule has 0 bridgehead atoms. The quantitative estimate of drug-likeness (QED) is 0.387. The molecule has 2 unspecified atom stereocenters. The molecule has 2 rings (SSSR count). The largest absolute Gasteiger partial charge is 1.00 e. The number of nitrogens with one attached hydrogen (secondary N) is 2. The van der Waals surface area contributed by atoms with Gasteiger partial charge in [-0.05, 0) is 0 Å². The van der Waals surface area contributed by atoms with E-state index in [9.17, 15) is 0 Å². The molecule has 0 saturated carbocycles. The molecule has 0 fully saturated rings. The highest BCUT2D eigenvalue weighted by molar-refractivity contribution is 6.18. The van der Waals surface area contributed by atoms with Gasteiger partial charge >= 0.3 is 0 Å². The summed E-state index contributed by atoms with van der Waals surface area (Å²) in [4.78, 5) is 2.91. The fourth-order valence-electron chi connectivity index (χ4n) is 2.39. The SMILES string of the molecule is C[NH+](CCCl)Cc1ccccc1.C[NH+](CCCl)Cc1ccccc1.[Cl-].[Cl-]. The molecule has 0 aliphatic heterocycles. The van der Waals surface area contributed by atoms with Gasteiger partial charge in [0, 0.05) is 11.1 Å². The molecule has 6 heteroatoms. The third kappa shape index (κ3) is 13.7. The standard InChI is InChI=1S/2C10H14ClN.2ClH/c2*1-12(8-7-11)9-10-5-3-2-4-6-10;;/h2*2-6H,7-9H2,1H3;2*1H. The predicted octanol–water partition coefficient (Wildman–Crippen LogP) is -4.11. The van der Waals surface area contributed by atoms with Crippen LogP contribution in [0, 0.1) is 0 Å². The summed E-state index contributed by atoms with van der Waals surface area (Å²) in [6, 6.07) is 21.0. The van der Waals surface area contributed by atoms with Crippen LogP contribution in [0.5, 0.6) is 0 Å². The number of benzene rings is 2. The topological polar surface area (TPSA) is 8.88 Å². The van der Waals surface area contributed by atoms with E-state index in [1.807, 2.05) is 12.1 Å². The van der Waals surface area contributed by atoms with Crippen LogP contribution in [0.2, 0.25) is 0 Å². The Balaban J connectivity index is 0. The number of quaternary nitrogens is 2. The van der Waals surface area contributed by atoms with Crippen molar-refractivity contribution >= 4 is 23.2 Å². The van der Waals surface area contributed by atoms with Crippen molar-refractivity contribution in [1.82, 2.24) is 0 Å². The van der Waals surface area contributed by atoms with Gasteiger partial charge in [0.05, 0.1) is 38.9 Å². The average molecular weight is 440 g/mol. The van der Waals surface area contributed by atoms with E-state index in [0.717, 1.165) is 37.9 Å². The first-order valence-electron chi connectivity index (χ1n) is 8.48. The summed E-state index contributed by atoms with van der Waals surface area (Å²) < 4.78 is 0. The molecule has 2 aromatic rings. The maximum absolute atomic E-state index is 5.64. The van der Waals surface area contributed by atoms with Gasteiger partial charge < -0.3 is 34.6 Å². The van der Waals surface area contributed by atoms with E-state index in [1.165, 1.54) is 20.9 Å². The molecule has 0 spiro atoms. The maximum atomic E-state index is 5.64. The summed E-state index contributed by atoms with van der Waals surface area (Å²) in [6.45, 7) is 4.17. The Morgan fingerprint density at radius 1 is 0.615 bits per heavy atom. The first-order chi connectivity index (χ1) is 11.7. The van der Waals surface area contributed by atoms with Gasteiger partial charge in [0.15, 0.2) is 0 Å². The third-order valence-electron chi connectivity index (χ3n) is 3.74. The second-order valence-corrected chi connectivity index (χ2v) is 6.87. The lowest BCUT2D eigenvalue weighted by molar-refractivity contribution is -0.891. The fourth-order valence-corrected chi connectivity index (χ4v) is 3.03. The average Bonchev–Trinajstić information content (AvgIpc) is 2.58. The third-order valence-corrected chi connectivity index (χ3v) is 4.12. The van der Waals surface area contributed by atoms with Crippen molar-refractivity contribution in [3.05, 3.63) is 71.8 Å². The van der Waals surface area contributed by atoms with E-state index in [1.54, 1.807) is 0 Å². The summed E-state index contributed by atoms with van der Waals surface area (Å²) >= 11 is 11.3. The van der Waals surface area contributed by atoms with Gasteiger partial charge in [-0.2, -0.15) is 0 Å². The van der Waals surface area contributed by atoms with Crippen molar-refractivity contribution in [3.8, 4) is 0 Å². The Kier molecular flexibility index (Phi) is 19.1. The molecule has 0 aromatic heterocycles. The number of rotatable bonds is 8. The van der Waals surface area contributed by atoms with Crippen LogP contribution in [0.4, 0.5) is 0 Å². The zero-order valence-corrected chi connectivity index (χ0v) is 18.6. The molecular formula is C20H30Cl4N2. The van der Waals surface area contributed by atoms with Crippen LogP contribution >= 0.6 is 23.2 Å². The molecule has 0 saturated heterocycles. The zero-order chi connectivity index (χ0) is 17.6. The highest BCUT2D eigenvalue weighted by Gasteiger charge is 2.01. The van der Waals surface area contributed by atoms with Crippen LogP contribution in [0.15, 0.2) is 60.7 Å². The Morgan fingerprint density at radius 2 is 0.923 bits per heavy atom. The van der Waals surface area contributed by atoms with Gasteiger partial charge in [0.2, 0.25) is 0 Å². The van der Waals surface area contributed by atoms with Gasteiger partial charge in [0.25, 0.3) is 0 Å². The lowest BCUT2D eigenvalue weighted by Gasteiger charge is -2.11. The Morgan fingerprint density at radius 3 is 1.19 bits per heavy atom. The summed E-state index contributed by atoms with van der Waals surface area (Å²) in [7, 11) is 4.32. The van der Waals surface area contributed by atoms with Crippen LogP contribution < -0.4 is 34.6 Å². The number of hydrogen-bond donors (Lipinski definition) is 2. The van der Waals surface area contributed by atoms with Crippen LogP contribution in [0.3, 0.4) is 0 Å². The van der Waals surface area contributed by atoms with Crippen molar-refractivity contribution in [2.45, 2.75) is 13.1 Å². The monoisotopic (exact) mass is 438 g/mol. The number of hydrogen-bond acceptors (Lipinski definition) is 0. The van der Waals surface area contributed by atoms with Crippen LogP contribution in [-0.4, -0.2) is 38.9 Å². The molecule has 0 heterocycles. The second-order valence-electron chi connectivity index (χ2n) is 6.12. The van der Waals surface area contributed by atoms with E-state index < -0.39 is 0 Å². The maximum Gasteiger partial charge on any atom is 0.103 e. The minimum Gasteiger partial charge on any atom is -1.00 e. The van der Waals surface area contributed by atoms with Gasteiger partial charge in [-0.25, -0.2) is 0 Å². The van der Waals surface area contributed by atoms with E-state index in [-0.39, 0.29) is 24.8 Å². The van der Waals surface area contributed by atoms with Gasteiger partial charge in [-0.1, -0.05) is 60.7 Å². The molecule has 2 aromatic carbocycles. The highest BCUT2D eigenvalue weighted by atomic mass is 35.5. The summed E-state index contributed by atoms with van der Waals surface area (Å²) in [5.74, 6) is 1.47. The number of halogens is 4. The van der Waals surface area contributed by atoms with Crippen molar-refractivity contribution in [2.24, 2.45) is 0 Å². The molecule has 2 atom stereocenters. The number of alkyl halides is 2. The summed E-state index contributed by atoms with van der Waals surface area (Å²) in [5, 5.41) is 0. The minimum atomic E-state index is 0. The lowest BCUT2D eigenvalue weighted by Crippen LogP contribution is -3.07. The van der Waals surface area contributed by atoms with E-state index in [0.29, 0.717) is 0 Å². The van der Waals surface area contributed by atoms with Crippen molar-refractivity contribution in [3.63, 3.8) is 0 Å². The molecule has 0 radical (unpaired) electrons. The van der Waals surface area contributed by atoms with Crippen molar-refractivity contribution < 1.29 is 34.6 Å². The fraction of sp³-hybridized carbons (Fsp3) is 0.400. The van der Waals surface area contributed by atoms with Crippen LogP contribution in [-0.2, 0) is 13.1 Å². The van der Waals surface area contributed by atoms with Gasteiger partial charge in [-0.3, -0.25) is 0 Å². The van der Waals surface area contributed by atoms with Crippen LogP contribution in [0.25, 0.3) is 0 Å². The minimum absolute atomic E-state index is 0. The van der Waals surface area contributed by atoms with E-state index in [2.05, 4.69) is 62.6 Å². The molecular weight excluding hydrogens is 410 g/mol. The molecule has 148 valence electrons. The molecule has 0 aliphatic carbocycles. The van der Waals surface area contributed by atoms with Gasteiger partial charge in [-0.15, -0.1) is 23.2 Å². The smallest absolute Gasteiger partial charge is 0.103 e. The lowest BCUT2D eigenvalue weighted by atomic mass is 10.2. The predicted molar refractivity (Wildman–Crippen MR) is 105 cm³/mol. The van der Waals surface area contributed by atoms with E-state index in [4.69, 9.17) is 23.2 Å². The van der Waals surface area contributed by atoms with Gasteiger partial charge in [0.1, 0.15) is 13.1 Å². The highest BCUT2D eigenvalue weighted by Crippen LogP contribution is 1.95. The Labute approximate surface area is 181 Å². The molecule has 2 nitrogen and oxygen atoms in total. The summed E-state index contributed by atoms with van der Waals surface area (Å²) in [6.07, 6.45) is 0. The van der Waals surface area contributed by atoms with Crippen molar-refractivity contribution in [2.75, 3.05) is 38.9 Å². The molecule has 0 amide bonds.